The summed E-state index contributed by atoms with van der Waals surface area (Å²) >= 11 is -4.62. The third-order valence-corrected chi connectivity index (χ3v) is 63.8. The Morgan fingerprint density at radius 1 is 0.600 bits per heavy atom. The number of hydrogen-bond donors (Lipinski definition) is 0. The molecule has 2 atom stereocenters. The van der Waals surface area contributed by atoms with Crippen LogP contribution in [0.5, 0.6) is 0 Å². The Balaban J connectivity index is 1.54. The number of hydrogen-bond acceptors (Lipinski definition) is 0. The summed E-state index contributed by atoms with van der Waals surface area (Å²) in [4.78, 5) is 0. The Bertz CT molecular complexity index is 1290. The van der Waals surface area contributed by atoms with Crippen molar-refractivity contribution in [1.29, 1.82) is 0 Å². The van der Waals surface area contributed by atoms with Crippen molar-refractivity contribution < 1.29 is 15.6 Å². The van der Waals surface area contributed by atoms with Crippen molar-refractivity contribution in [1.82, 2.24) is 0 Å². The van der Waals surface area contributed by atoms with Crippen LogP contribution in [0.25, 0.3) is 12.2 Å². The maximum absolute atomic E-state index is 8.56. The van der Waals surface area contributed by atoms with Gasteiger partial charge in [0, 0.05) is 0 Å². The molecule has 2 unspecified atom stereocenters. The van der Waals surface area contributed by atoms with E-state index in [4.69, 9.17) is 17.0 Å². The van der Waals surface area contributed by atoms with Crippen LogP contribution in [0.1, 0.15) is 142 Å². The number of rotatable bonds is 5. The molecule has 2 saturated carbocycles. The van der Waals surface area contributed by atoms with E-state index in [2.05, 4.69) is 77.2 Å². The standard InChI is InChI=1S/2C17H21.C2H7Si.2ClH.Zr/c2*1-12-10-16-13(2)8-9-15(17(16)11-12)14-6-4-3-5-7-14;1-3-2;;;/h2*8-11,14H,3-7H2,1-2H3;3H,1-2H3;2*1H;/q;;;;;+2/p-2. The van der Waals surface area contributed by atoms with Gasteiger partial charge < -0.3 is 0 Å². The Kier molecular flexibility index (Phi) is 8.12. The van der Waals surface area contributed by atoms with Crippen LogP contribution in [0.3, 0.4) is 0 Å². The summed E-state index contributed by atoms with van der Waals surface area (Å²) in [5, 5.41) is 0. The van der Waals surface area contributed by atoms with E-state index in [-0.39, 0.29) is 7.25 Å². The minimum atomic E-state index is -4.62. The van der Waals surface area contributed by atoms with Gasteiger partial charge in [-0.25, -0.2) is 0 Å². The van der Waals surface area contributed by atoms with Crippen molar-refractivity contribution in [3.05, 3.63) is 79.9 Å². The zero-order valence-electron chi connectivity index (χ0n) is 25.7. The summed E-state index contributed by atoms with van der Waals surface area (Å²) in [6.45, 7) is 14.4. The van der Waals surface area contributed by atoms with Gasteiger partial charge >= 0.3 is 255 Å². The molecular weight excluding hydrogens is 623 g/mol. The molecule has 0 heterocycles. The van der Waals surface area contributed by atoms with Gasteiger partial charge in [0.15, 0.2) is 0 Å². The predicted molar refractivity (Wildman–Crippen MR) is 177 cm³/mol. The molecule has 0 aliphatic heterocycles. The first kappa shape index (κ1) is 29.7. The Morgan fingerprint density at radius 2 is 0.975 bits per heavy atom. The van der Waals surface area contributed by atoms with E-state index in [0.29, 0.717) is 11.8 Å². The summed E-state index contributed by atoms with van der Waals surface area (Å²) in [6.07, 6.45) is 18.6. The minimum absolute atomic E-state index is 0.215. The van der Waals surface area contributed by atoms with E-state index in [1.165, 1.54) is 109 Å². The van der Waals surface area contributed by atoms with Crippen molar-refractivity contribution in [3.8, 4) is 0 Å². The molecule has 2 aromatic rings. The van der Waals surface area contributed by atoms with E-state index >= 15 is 0 Å². The molecule has 4 aliphatic rings. The monoisotopic (exact) mass is 669 g/mol. The van der Waals surface area contributed by atoms with Gasteiger partial charge in [-0.05, 0) is 0 Å². The maximum atomic E-state index is 8.56. The van der Waals surface area contributed by atoms with Crippen molar-refractivity contribution >= 4 is 35.1 Å². The summed E-state index contributed by atoms with van der Waals surface area (Å²) in [7, 11) is 17.1. The molecule has 0 N–H and O–H groups in total. The third-order valence-electron chi connectivity index (χ3n) is 11.6. The second kappa shape index (κ2) is 10.9. The summed E-state index contributed by atoms with van der Waals surface area (Å²) in [5.74, 6) is -0.132. The van der Waals surface area contributed by atoms with Crippen LogP contribution < -0.4 is 0 Å². The molecule has 0 amide bonds. The first-order valence-corrected chi connectivity index (χ1v) is 32.6. The van der Waals surface area contributed by atoms with Gasteiger partial charge in [0.25, 0.3) is 0 Å². The van der Waals surface area contributed by atoms with Crippen molar-refractivity contribution in [2.75, 3.05) is 0 Å². The van der Waals surface area contributed by atoms with Crippen LogP contribution in [-0.2, 0) is 15.6 Å². The van der Waals surface area contributed by atoms with Gasteiger partial charge in [0.1, 0.15) is 0 Å². The number of benzene rings is 2. The normalized spacial score (nSPS) is 24.9. The molecule has 215 valence electrons. The van der Waals surface area contributed by atoms with Crippen molar-refractivity contribution in [2.45, 2.75) is 124 Å². The Labute approximate surface area is 252 Å². The van der Waals surface area contributed by atoms with Crippen molar-refractivity contribution in [2.24, 2.45) is 0 Å². The molecule has 6 rings (SSSR count). The third kappa shape index (κ3) is 4.52. The molecule has 0 saturated heterocycles. The fourth-order valence-corrected chi connectivity index (χ4v) is 42.5. The van der Waals surface area contributed by atoms with E-state index in [0.717, 1.165) is 0 Å². The summed E-state index contributed by atoms with van der Waals surface area (Å²) in [5.41, 5.74) is 14.9. The SMILES string of the molecule is CC1=Cc2c(C3CCCCC3)ccc(C)c2[CH]1[Zr]([Cl])([Cl])([CH]1C(C)=Cc2c(C3CCCCC3)ccc(C)c21)[SiH](C)C. The second-order valence-corrected chi connectivity index (χ2v) is 56.8. The van der Waals surface area contributed by atoms with Gasteiger partial charge in [-0.3, -0.25) is 0 Å². The first-order chi connectivity index (χ1) is 19.0. The van der Waals surface area contributed by atoms with Gasteiger partial charge in [-0.2, -0.15) is 0 Å². The van der Waals surface area contributed by atoms with Crippen LogP contribution in [0.15, 0.2) is 35.4 Å². The molecule has 4 aliphatic carbocycles. The number of aryl methyl sites for hydroxylation is 2. The fraction of sp³-hybridized carbons (Fsp3) is 0.556. The zero-order valence-corrected chi connectivity index (χ0v) is 30.8. The van der Waals surface area contributed by atoms with Crippen LogP contribution in [0, 0.1) is 13.8 Å². The van der Waals surface area contributed by atoms with Crippen LogP contribution in [-0.4, -0.2) is 5.92 Å². The zero-order chi connectivity index (χ0) is 28.4. The molecule has 40 heavy (non-hydrogen) atoms. The molecule has 0 nitrogen and oxygen atoms in total. The Morgan fingerprint density at radius 3 is 1.32 bits per heavy atom. The molecule has 0 aromatic heterocycles. The van der Waals surface area contributed by atoms with Crippen molar-refractivity contribution in [3.63, 3.8) is 0 Å². The average molecular weight is 672 g/mol. The molecule has 0 spiro atoms. The molecule has 0 radical (unpaired) electrons. The number of allylic oxidation sites excluding steroid dienone is 2. The van der Waals surface area contributed by atoms with Gasteiger partial charge in [0.2, 0.25) is 0 Å². The van der Waals surface area contributed by atoms with E-state index in [1.54, 1.807) is 11.1 Å². The average Bonchev–Trinajstić information content (AvgIpc) is 3.49. The molecule has 0 bridgehead atoms. The summed E-state index contributed by atoms with van der Waals surface area (Å²) in [6, 6.07) is 9.72. The van der Waals surface area contributed by atoms with Crippen LogP contribution in [0.2, 0.25) is 13.1 Å². The Hall–Kier alpha value is -0.400. The van der Waals surface area contributed by atoms with Crippen LogP contribution in [0.4, 0.5) is 0 Å². The van der Waals surface area contributed by atoms with E-state index in [1.807, 2.05) is 0 Å². The predicted octanol–water partition coefficient (Wildman–Crippen LogP) is 12.0. The van der Waals surface area contributed by atoms with E-state index in [9.17, 15) is 0 Å². The molecule has 4 heteroatoms. The van der Waals surface area contributed by atoms with Crippen LogP contribution >= 0.6 is 17.0 Å². The van der Waals surface area contributed by atoms with Gasteiger partial charge in [0.05, 0.1) is 0 Å². The van der Waals surface area contributed by atoms with E-state index < -0.39 is 21.5 Å². The summed E-state index contributed by atoms with van der Waals surface area (Å²) < 4.78 is 0.430. The molecule has 2 fully saturated rings. The topological polar surface area (TPSA) is 0 Å². The van der Waals surface area contributed by atoms with Gasteiger partial charge in [-0.1, -0.05) is 0 Å². The molecular formula is C36H49Cl2SiZr. The number of halogens is 2. The quantitative estimate of drug-likeness (QED) is 0.278. The van der Waals surface area contributed by atoms with Gasteiger partial charge in [-0.15, -0.1) is 0 Å². The second-order valence-electron chi connectivity index (χ2n) is 14.3. The first-order valence-electron chi connectivity index (χ1n) is 16.2. The number of fused-ring (bicyclic) bond motifs is 2. The molecule has 2 aromatic carbocycles. The fourth-order valence-electron chi connectivity index (χ4n) is 9.48.